The van der Waals surface area contributed by atoms with Crippen LogP contribution in [0.5, 0.6) is 0 Å². The fourth-order valence-corrected chi connectivity index (χ4v) is 1.27. The zero-order valence-corrected chi connectivity index (χ0v) is 9.96. The Morgan fingerprint density at radius 2 is 2.38 bits per heavy atom. The topological polar surface area (TPSA) is 51.2 Å². The summed E-state index contributed by atoms with van der Waals surface area (Å²) < 4.78 is 5.21. The van der Waals surface area contributed by atoms with Gasteiger partial charge in [0.25, 0.3) is 0 Å². The Bertz CT molecular complexity index is 345. The summed E-state index contributed by atoms with van der Waals surface area (Å²) in [6, 6.07) is 3.43. The first-order valence-electron chi connectivity index (χ1n) is 5.22. The van der Waals surface area contributed by atoms with E-state index in [1.54, 1.807) is 18.3 Å². The maximum Gasteiger partial charge on any atom is 0.226 e. The summed E-state index contributed by atoms with van der Waals surface area (Å²) in [7, 11) is 0. The number of aromatic nitrogens is 1. The van der Waals surface area contributed by atoms with Crippen molar-refractivity contribution in [3.05, 3.63) is 23.5 Å². The minimum atomic E-state index is -0.119. The van der Waals surface area contributed by atoms with Crippen molar-refractivity contribution in [3.63, 3.8) is 0 Å². The zero-order valence-electron chi connectivity index (χ0n) is 9.20. The van der Waals surface area contributed by atoms with E-state index < -0.39 is 0 Å². The Morgan fingerprint density at radius 1 is 1.56 bits per heavy atom. The van der Waals surface area contributed by atoms with Crippen molar-refractivity contribution in [1.82, 2.24) is 4.98 Å². The van der Waals surface area contributed by atoms with Crippen LogP contribution in [0.3, 0.4) is 0 Å². The molecule has 4 nitrogen and oxygen atoms in total. The number of pyridine rings is 1. The highest BCUT2D eigenvalue weighted by atomic mass is 35.5. The molecule has 1 N–H and O–H groups in total. The Kier molecular flexibility index (Phi) is 5.82. The van der Waals surface area contributed by atoms with Crippen LogP contribution in [0.4, 0.5) is 5.69 Å². The van der Waals surface area contributed by atoms with Crippen LogP contribution in [0.1, 0.15) is 19.8 Å². The lowest BCUT2D eigenvalue weighted by atomic mass is 10.3. The van der Waals surface area contributed by atoms with E-state index in [0.717, 1.165) is 6.42 Å². The summed E-state index contributed by atoms with van der Waals surface area (Å²) in [4.78, 5) is 15.3. The first-order valence-corrected chi connectivity index (χ1v) is 5.60. The molecule has 0 fully saturated rings. The van der Waals surface area contributed by atoms with Crippen molar-refractivity contribution >= 4 is 23.2 Å². The first-order chi connectivity index (χ1) is 7.74. The molecule has 0 saturated carbocycles. The molecular weight excluding hydrogens is 228 g/mol. The van der Waals surface area contributed by atoms with Crippen molar-refractivity contribution in [3.8, 4) is 0 Å². The van der Waals surface area contributed by atoms with Crippen LogP contribution in [0.15, 0.2) is 18.3 Å². The molecule has 0 aliphatic carbocycles. The van der Waals surface area contributed by atoms with Gasteiger partial charge in [-0.15, -0.1) is 0 Å². The Hall–Kier alpha value is -1.13. The van der Waals surface area contributed by atoms with E-state index in [1.807, 2.05) is 6.92 Å². The summed E-state index contributed by atoms with van der Waals surface area (Å²) in [5.74, 6) is -0.119. The van der Waals surface area contributed by atoms with Crippen molar-refractivity contribution in [1.29, 1.82) is 0 Å². The smallest absolute Gasteiger partial charge is 0.226 e. The highest BCUT2D eigenvalue weighted by Crippen LogP contribution is 2.17. The monoisotopic (exact) mass is 242 g/mol. The van der Waals surface area contributed by atoms with Gasteiger partial charge in [-0.2, -0.15) is 0 Å². The molecule has 5 heteroatoms. The molecule has 16 heavy (non-hydrogen) atoms. The van der Waals surface area contributed by atoms with E-state index in [0.29, 0.717) is 30.5 Å². The molecule has 1 rings (SSSR count). The van der Waals surface area contributed by atoms with Crippen molar-refractivity contribution in [2.24, 2.45) is 0 Å². The molecule has 0 aliphatic heterocycles. The molecule has 88 valence electrons. The van der Waals surface area contributed by atoms with Crippen LogP contribution in [0.25, 0.3) is 0 Å². The van der Waals surface area contributed by atoms with Gasteiger partial charge in [-0.25, -0.2) is 4.98 Å². The van der Waals surface area contributed by atoms with Gasteiger partial charge in [-0.3, -0.25) is 4.79 Å². The number of hydrogen-bond acceptors (Lipinski definition) is 3. The average molecular weight is 243 g/mol. The standard InChI is InChI=1S/C11H15ClN2O2/c1-2-7-16-8-5-10(15)14-9-4-3-6-13-11(9)12/h3-4,6H,2,5,7-8H2,1H3,(H,14,15). The SMILES string of the molecule is CCCOCCC(=O)Nc1cccnc1Cl. The summed E-state index contributed by atoms with van der Waals surface area (Å²) in [5.41, 5.74) is 0.532. The molecule has 1 aromatic heterocycles. The molecule has 0 radical (unpaired) electrons. The normalized spacial score (nSPS) is 10.1. The van der Waals surface area contributed by atoms with Gasteiger partial charge in [-0.05, 0) is 18.6 Å². The molecular formula is C11H15ClN2O2. The molecule has 0 spiro atoms. The summed E-state index contributed by atoms with van der Waals surface area (Å²) in [5, 5.41) is 2.97. The molecule has 0 atom stereocenters. The van der Waals surface area contributed by atoms with E-state index >= 15 is 0 Å². The highest BCUT2D eigenvalue weighted by Gasteiger charge is 2.05. The lowest BCUT2D eigenvalue weighted by molar-refractivity contribution is -0.117. The number of amides is 1. The van der Waals surface area contributed by atoms with Crippen molar-refractivity contribution in [2.75, 3.05) is 18.5 Å². The van der Waals surface area contributed by atoms with Crippen LogP contribution in [0, 0.1) is 0 Å². The van der Waals surface area contributed by atoms with Crippen LogP contribution < -0.4 is 5.32 Å². The fraction of sp³-hybridized carbons (Fsp3) is 0.455. The average Bonchev–Trinajstić information content (AvgIpc) is 2.28. The quantitative estimate of drug-likeness (QED) is 0.616. The number of ether oxygens (including phenoxy) is 1. The lowest BCUT2D eigenvalue weighted by Crippen LogP contribution is -2.14. The first kappa shape index (κ1) is 12.9. The third kappa shape index (κ3) is 4.59. The third-order valence-electron chi connectivity index (χ3n) is 1.86. The molecule has 0 aromatic carbocycles. The maximum atomic E-state index is 11.5. The summed E-state index contributed by atoms with van der Waals surface area (Å²) >= 11 is 5.80. The number of carbonyl (C=O) groups excluding carboxylic acids is 1. The van der Waals surface area contributed by atoms with Crippen LogP contribution in [-0.4, -0.2) is 24.1 Å². The fourth-order valence-electron chi connectivity index (χ4n) is 1.10. The number of hydrogen-bond donors (Lipinski definition) is 1. The number of anilines is 1. The van der Waals surface area contributed by atoms with Gasteiger partial charge < -0.3 is 10.1 Å². The van der Waals surface area contributed by atoms with Gasteiger partial charge in [0.2, 0.25) is 5.91 Å². The van der Waals surface area contributed by atoms with Gasteiger partial charge >= 0.3 is 0 Å². The largest absolute Gasteiger partial charge is 0.381 e. The van der Waals surface area contributed by atoms with E-state index in [9.17, 15) is 4.79 Å². The predicted octanol–water partition coefficient (Wildman–Crippen LogP) is 2.49. The Labute approximate surface area is 100.0 Å². The van der Waals surface area contributed by atoms with Crippen molar-refractivity contribution in [2.45, 2.75) is 19.8 Å². The van der Waals surface area contributed by atoms with Gasteiger partial charge in [0.05, 0.1) is 18.7 Å². The van der Waals surface area contributed by atoms with E-state index in [1.165, 1.54) is 0 Å². The molecule has 1 amide bonds. The Balaban J connectivity index is 2.32. The molecule has 0 unspecified atom stereocenters. The zero-order chi connectivity index (χ0) is 11.8. The Morgan fingerprint density at radius 3 is 3.06 bits per heavy atom. The molecule has 1 heterocycles. The van der Waals surface area contributed by atoms with Crippen LogP contribution >= 0.6 is 11.6 Å². The molecule has 0 saturated heterocycles. The van der Waals surface area contributed by atoms with Gasteiger partial charge in [0, 0.05) is 12.8 Å². The summed E-state index contributed by atoms with van der Waals surface area (Å²) in [6.45, 7) is 3.13. The van der Waals surface area contributed by atoms with E-state index in [4.69, 9.17) is 16.3 Å². The number of carbonyl (C=O) groups is 1. The lowest BCUT2D eigenvalue weighted by Gasteiger charge is -2.06. The van der Waals surface area contributed by atoms with Gasteiger partial charge in [0.1, 0.15) is 0 Å². The van der Waals surface area contributed by atoms with Gasteiger partial charge in [0.15, 0.2) is 5.15 Å². The molecule has 0 bridgehead atoms. The van der Waals surface area contributed by atoms with Gasteiger partial charge in [-0.1, -0.05) is 18.5 Å². The van der Waals surface area contributed by atoms with Crippen molar-refractivity contribution < 1.29 is 9.53 Å². The second kappa shape index (κ2) is 7.19. The van der Waals surface area contributed by atoms with Crippen LogP contribution in [0.2, 0.25) is 5.15 Å². The molecule has 0 aliphatic rings. The number of halogens is 1. The number of rotatable bonds is 6. The second-order valence-corrected chi connectivity index (χ2v) is 3.61. The predicted molar refractivity (Wildman–Crippen MR) is 63.6 cm³/mol. The maximum absolute atomic E-state index is 11.5. The highest BCUT2D eigenvalue weighted by molar-refractivity contribution is 6.32. The van der Waals surface area contributed by atoms with Crippen LogP contribution in [-0.2, 0) is 9.53 Å². The summed E-state index contributed by atoms with van der Waals surface area (Å²) in [6.07, 6.45) is 2.85. The van der Waals surface area contributed by atoms with E-state index in [2.05, 4.69) is 10.3 Å². The minimum Gasteiger partial charge on any atom is -0.381 e. The van der Waals surface area contributed by atoms with E-state index in [-0.39, 0.29) is 5.91 Å². The number of nitrogens with zero attached hydrogens (tertiary/aromatic N) is 1. The molecule has 1 aromatic rings. The second-order valence-electron chi connectivity index (χ2n) is 3.25. The number of nitrogens with one attached hydrogen (secondary N) is 1. The minimum absolute atomic E-state index is 0.119. The third-order valence-corrected chi connectivity index (χ3v) is 2.16.